The zero-order chi connectivity index (χ0) is 13.0. The molecule has 1 aliphatic carbocycles. The highest BCUT2D eigenvalue weighted by atomic mass is 19.1. The Kier molecular flexibility index (Phi) is 4.10. The van der Waals surface area contributed by atoms with Crippen molar-refractivity contribution < 1.29 is 19.0 Å². The maximum atomic E-state index is 13.1. The number of aliphatic carboxylic acids is 1. The lowest BCUT2D eigenvalue weighted by Crippen LogP contribution is -1.99. The second-order valence-electron chi connectivity index (χ2n) is 4.47. The van der Waals surface area contributed by atoms with E-state index >= 15 is 0 Å². The fourth-order valence-electron chi connectivity index (χ4n) is 1.63. The highest BCUT2D eigenvalue weighted by molar-refractivity contribution is 5.85. The van der Waals surface area contributed by atoms with E-state index < -0.39 is 5.97 Å². The molecule has 0 saturated heterocycles. The van der Waals surface area contributed by atoms with Crippen LogP contribution in [0.3, 0.4) is 0 Å². The van der Waals surface area contributed by atoms with Gasteiger partial charge in [0.15, 0.2) is 0 Å². The number of carboxylic acids is 1. The average molecular weight is 250 g/mol. The molecule has 0 amide bonds. The predicted molar refractivity (Wildman–Crippen MR) is 65.4 cm³/mol. The quantitative estimate of drug-likeness (QED) is 0.790. The molecule has 0 aliphatic heterocycles. The standard InChI is InChI=1S/C14H15FO3/c15-13-5-3-12(9-18-8-10-1-2-10)11(7-13)4-6-14(16)17/h3-7,10H,1-2,8-9H2,(H,16,17). The molecule has 4 heteroatoms. The number of rotatable bonds is 6. The summed E-state index contributed by atoms with van der Waals surface area (Å²) in [5.41, 5.74) is 1.35. The molecule has 0 unspecified atom stereocenters. The SMILES string of the molecule is O=C(O)C=Cc1cc(F)ccc1COCC1CC1. The first-order valence-corrected chi connectivity index (χ1v) is 5.92. The van der Waals surface area contributed by atoms with Crippen LogP contribution in [0.4, 0.5) is 4.39 Å². The van der Waals surface area contributed by atoms with Crippen LogP contribution in [0.1, 0.15) is 24.0 Å². The topological polar surface area (TPSA) is 46.5 Å². The Morgan fingerprint density at radius 3 is 2.94 bits per heavy atom. The van der Waals surface area contributed by atoms with Crippen molar-refractivity contribution in [1.82, 2.24) is 0 Å². The van der Waals surface area contributed by atoms with E-state index in [0.717, 1.165) is 18.2 Å². The number of halogens is 1. The molecule has 2 rings (SSSR count). The van der Waals surface area contributed by atoms with Gasteiger partial charge in [0.1, 0.15) is 5.82 Å². The van der Waals surface area contributed by atoms with E-state index in [2.05, 4.69) is 0 Å². The summed E-state index contributed by atoms with van der Waals surface area (Å²) in [5.74, 6) is -0.765. The van der Waals surface area contributed by atoms with Crippen LogP contribution in [0.5, 0.6) is 0 Å². The highest BCUT2D eigenvalue weighted by Gasteiger charge is 2.21. The third-order valence-corrected chi connectivity index (χ3v) is 2.82. The Morgan fingerprint density at radius 2 is 2.28 bits per heavy atom. The fraction of sp³-hybridized carbons (Fsp3) is 0.357. The molecule has 3 nitrogen and oxygen atoms in total. The lowest BCUT2D eigenvalue weighted by atomic mass is 10.1. The normalized spacial score (nSPS) is 15.2. The summed E-state index contributed by atoms with van der Waals surface area (Å²) in [6.07, 6.45) is 4.82. The number of benzene rings is 1. The first kappa shape index (κ1) is 12.8. The maximum absolute atomic E-state index is 13.1. The minimum Gasteiger partial charge on any atom is -0.478 e. The monoisotopic (exact) mass is 250 g/mol. The summed E-state index contributed by atoms with van der Waals surface area (Å²) in [6, 6.07) is 4.30. The molecule has 0 heterocycles. The molecule has 0 bridgehead atoms. The van der Waals surface area contributed by atoms with E-state index in [1.54, 1.807) is 6.07 Å². The van der Waals surface area contributed by atoms with Crippen molar-refractivity contribution in [2.75, 3.05) is 6.61 Å². The second-order valence-corrected chi connectivity index (χ2v) is 4.47. The van der Waals surface area contributed by atoms with Crippen molar-refractivity contribution >= 4 is 12.0 Å². The third kappa shape index (κ3) is 3.96. The van der Waals surface area contributed by atoms with Crippen LogP contribution < -0.4 is 0 Å². The molecule has 1 saturated carbocycles. The molecule has 18 heavy (non-hydrogen) atoms. The molecule has 1 N–H and O–H groups in total. The lowest BCUT2D eigenvalue weighted by molar-refractivity contribution is -0.131. The van der Waals surface area contributed by atoms with Gasteiger partial charge in [0.25, 0.3) is 0 Å². The van der Waals surface area contributed by atoms with Crippen molar-refractivity contribution in [1.29, 1.82) is 0 Å². The molecule has 1 aromatic carbocycles. The van der Waals surface area contributed by atoms with E-state index in [9.17, 15) is 9.18 Å². The molecule has 1 aliphatic rings. The molecule has 0 aromatic heterocycles. The molecule has 0 spiro atoms. The van der Waals surface area contributed by atoms with Crippen LogP contribution in [-0.4, -0.2) is 17.7 Å². The predicted octanol–water partition coefficient (Wildman–Crippen LogP) is 2.85. The number of carbonyl (C=O) groups is 1. The van der Waals surface area contributed by atoms with Crippen molar-refractivity contribution in [3.8, 4) is 0 Å². The van der Waals surface area contributed by atoms with Gasteiger partial charge < -0.3 is 9.84 Å². The van der Waals surface area contributed by atoms with Crippen LogP contribution >= 0.6 is 0 Å². The minimum absolute atomic E-state index is 0.383. The second kappa shape index (κ2) is 5.78. The van der Waals surface area contributed by atoms with Crippen molar-refractivity contribution in [3.05, 3.63) is 41.2 Å². The van der Waals surface area contributed by atoms with E-state index in [1.165, 1.54) is 31.1 Å². The van der Waals surface area contributed by atoms with Crippen LogP contribution in [0.15, 0.2) is 24.3 Å². The summed E-state index contributed by atoms with van der Waals surface area (Å²) in [7, 11) is 0. The van der Waals surface area contributed by atoms with Crippen molar-refractivity contribution in [2.24, 2.45) is 5.92 Å². The van der Waals surface area contributed by atoms with E-state index in [-0.39, 0.29) is 5.82 Å². The summed E-state index contributed by atoms with van der Waals surface area (Å²) in [4.78, 5) is 10.5. The summed E-state index contributed by atoms with van der Waals surface area (Å²) in [6.45, 7) is 1.11. The van der Waals surface area contributed by atoms with Gasteiger partial charge in [-0.3, -0.25) is 0 Å². The summed E-state index contributed by atoms with van der Waals surface area (Å²) in [5, 5.41) is 8.58. The molecule has 0 atom stereocenters. The van der Waals surface area contributed by atoms with E-state index in [0.29, 0.717) is 18.1 Å². The smallest absolute Gasteiger partial charge is 0.328 e. The van der Waals surface area contributed by atoms with Gasteiger partial charge in [0.05, 0.1) is 6.61 Å². The zero-order valence-electron chi connectivity index (χ0n) is 9.93. The Morgan fingerprint density at radius 1 is 1.50 bits per heavy atom. The number of hydrogen-bond acceptors (Lipinski definition) is 2. The maximum Gasteiger partial charge on any atom is 0.328 e. The molecule has 0 radical (unpaired) electrons. The zero-order valence-corrected chi connectivity index (χ0v) is 9.93. The van der Waals surface area contributed by atoms with Gasteiger partial charge in [-0.05, 0) is 48.1 Å². The average Bonchev–Trinajstić information content (AvgIpc) is 3.13. The van der Waals surface area contributed by atoms with Gasteiger partial charge in [0, 0.05) is 12.7 Å². The Labute approximate surface area is 105 Å². The molecule has 1 aromatic rings. The molecule has 96 valence electrons. The van der Waals surface area contributed by atoms with Gasteiger partial charge in [-0.2, -0.15) is 0 Å². The van der Waals surface area contributed by atoms with Gasteiger partial charge in [0.2, 0.25) is 0 Å². The fourth-order valence-corrected chi connectivity index (χ4v) is 1.63. The van der Waals surface area contributed by atoms with Crippen molar-refractivity contribution in [3.63, 3.8) is 0 Å². The van der Waals surface area contributed by atoms with Crippen LogP contribution in [0, 0.1) is 11.7 Å². The first-order chi connectivity index (χ1) is 8.65. The minimum atomic E-state index is -1.05. The van der Waals surface area contributed by atoms with E-state index in [4.69, 9.17) is 9.84 Å². The number of hydrogen-bond donors (Lipinski definition) is 1. The van der Waals surface area contributed by atoms with Crippen molar-refractivity contribution in [2.45, 2.75) is 19.4 Å². The van der Waals surface area contributed by atoms with E-state index in [1.807, 2.05) is 0 Å². The Balaban J connectivity index is 2.03. The van der Waals surface area contributed by atoms with Crippen LogP contribution in [-0.2, 0) is 16.1 Å². The van der Waals surface area contributed by atoms with Gasteiger partial charge in [-0.1, -0.05) is 6.07 Å². The molecule has 1 fully saturated rings. The number of ether oxygens (including phenoxy) is 1. The van der Waals surface area contributed by atoms with Crippen LogP contribution in [0.2, 0.25) is 0 Å². The highest BCUT2D eigenvalue weighted by Crippen LogP contribution is 2.29. The molecular weight excluding hydrogens is 235 g/mol. The summed E-state index contributed by atoms with van der Waals surface area (Å²) < 4.78 is 18.6. The van der Waals surface area contributed by atoms with Gasteiger partial charge in [-0.15, -0.1) is 0 Å². The Hall–Kier alpha value is -1.68. The van der Waals surface area contributed by atoms with Gasteiger partial charge >= 0.3 is 5.97 Å². The summed E-state index contributed by atoms with van der Waals surface area (Å²) >= 11 is 0. The largest absolute Gasteiger partial charge is 0.478 e. The van der Waals surface area contributed by atoms with Gasteiger partial charge in [-0.25, -0.2) is 9.18 Å². The Bertz CT molecular complexity index is 464. The third-order valence-electron chi connectivity index (χ3n) is 2.82. The molecular formula is C14H15FO3. The number of carboxylic acid groups (broad SMARTS) is 1. The lowest BCUT2D eigenvalue weighted by Gasteiger charge is -2.07. The first-order valence-electron chi connectivity index (χ1n) is 5.92. The van der Waals surface area contributed by atoms with Crippen LogP contribution in [0.25, 0.3) is 6.08 Å².